The van der Waals surface area contributed by atoms with E-state index >= 15 is 0 Å². The van der Waals surface area contributed by atoms with E-state index < -0.39 is 0 Å². The first-order valence-corrected chi connectivity index (χ1v) is 9.24. The number of hydrogen-bond acceptors (Lipinski definition) is 5. The number of likely N-dealkylation sites (tertiary alicyclic amines) is 1. The third kappa shape index (κ3) is 3.71. The van der Waals surface area contributed by atoms with Gasteiger partial charge in [0.1, 0.15) is 5.82 Å². The van der Waals surface area contributed by atoms with E-state index in [4.69, 9.17) is 4.74 Å². The van der Waals surface area contributed by atoms with Gasteiger partial charge < -0.3 is 9.64 Å². The maximum Gasteiger partial charge on any atom is 0.225 e. The molecule has 5 nitrogen and oxygen atoms in total. The second-order valence-electron chi connectivity index (χ2n) is 7.45. The van der Waals surface area contributed by atoms with E-state index in [0.717, 1.165) is 50.4 Å². The van der Waals surface area contributed by atoms with Crippen molar-refractivity contribution in [3.63, 3.8) is 0 Å². The van der Waals surface area contributed by atoms with Gasteiger partial charge in [-0.25, -0.2) is 14.4 Å². The van der Waals surface area contributed by atoms with Crippen molar-refractivity contribution in [2.75, 3.05) is 31.6 Å². The topological polar surface area (TPSA) is 41.5 Å². The van der Waals surface area contributed by atoms with Crippen molar-refractivity contribution in [2.24, 2.45) is 0 Å². The SMILES string of the molecule is CN(c1ncccn1)C1COC2(CCCN(Cc3ccc(F)cc3)C2)C1. The second kappa shape index (κ2) is 7.29. The van der Waals surface area contributed by atoms with Crippen LogP contribution in [0.2, 0.25) is 0 Å². The summed E-state index contributed by atoms with van der Waals surface area (Å²) < 4.78 is 19.4. The molecule has 2 unspecified atom stereocenters. The van der Waals surface area contributed by atoms with Crippen molar-refractivity contribution in [1.82, 2.24) is 14.9 Å². The number of rotatable bonds is 4. The first-order chi connectivity index (χ1) is 12.6. The minimum atomic E-state index is -0.183. The van der Waals surface area contributed by atoms with Gasteiger partial charge in [0.15, 0.2) is 0 Å². The average Bonchev–Trinajstić information content (AvgIpc) is 3.07. The molecule has 2 saturated heterocycles. The minimum absolute atomic E-state index is 0.0913. The lowest BCUT2D eigenvalue weighted by Gasteiger charge is -2.40. The molecule has 0 radical (unpaired) electrons. The highest BCUT2D eigenvalue weighted by Gasteiger charge is 2.44. The molecule has 0 amide bonds. The summed E-state index contributed by atoms with van der Waals surface area (Å²) in [7, 11) is 2.04. The third-order valence-corrected chi connectivity index (χ3v) is 5.54. The zero-order valence-electron chi connectivity index (χ0n) is 15.1. The van der Waals surface area contributed by atoms with Crippen molar-refractivity contribution in [1.29, 1.82) is 0 Å². The molecule has 2 aliphatic rings. The van der Waals surface area contributed by atoms with Crippen LogP contribution in [0.4, 0.5) is 10.3 Å². The van der Waals surface area contributed by atoms with Gasteiger partial charge in [-0.2, -0.15) is 0 Å². The quantitative estimate of drug-likeness (QED) is 0.843. The van der Waals surface area contributed by atoms with Crippen LogP contribution >= 0.6 is 0 Å². The number of anilines is 1. The lowest BCUT2D eigenvalue weighted by atomic mass is 9.88. The van der Waals surface area contributed by atoms with Crippen molar-refractivity contribution in [3.8, 4) is 0 Å². The van der Waals surface area contributed by atoms with E-state index in [1.165, 1.54) is 12.1 Å². The first kappa shape index (κ1) is 17.4. The summed E-state index contributed by atoms with van der Waals surface area (Å²) in [6.07, 6.45) is 6.75. The van der Waals surface area contributed by atoms with Gasteiger partial charge >= 0.3 is 0 Å². The monoisotopic (exact) mass is 356 g/mol. The van der Waals surface area contributed by atoms with Crippen LogP contribution in [-0.4, -0.2) is 53.3 Å². The summed E-state index contributed by atoms with van der Waals surface area (Å²) in [4.78, 5) is 13.3. The number of aromatic nitrogens is 2. The molecule has 3 heterocycles. The third-order valence-electron chi connectivity index (χ3n) is 5.54. The van der Waals surface area contributed by atoms with Crippen LogP contribution in [0.25, 0.3) is 0 Å². The van der Waals surface area contributed by atoms with Gasteiger partial charge in [-0.05, 0) is 43.1 Å². The maximum absolute atomic E-state index is 13.1. The fourth-order valence-electron chi connectivity index (χ4n) is 4.16. The molecule has 1 spiro atoms. The van der Waals surface area contributed by atoms with Crippen LogP contribution in [0.15, 0.2) is 42.7 Å². The molecule has 2 aliphatic heterocycles. The Morgan fingerprint density at radius 3 is 2.81 bits per heavy atom. The second-order valence-corrected chi connectivity index (χ2v) is 7.45. The Hall–Kier alpha value is -2.05. The molecule has 0 saturated carbocycles. The Balaban J connectivity index is 1.40. The fraction of sp³-hybridized carbons (Fsp3) is 0.500. The highest BCUT2D eigenvalue weighted by Crippen LogP contribution is 2.37. The van der Waals surface area contributed by atoms with Gasteiger partial charge in [0.05, 0.1) is 18.2 Å². The molecule has 1 aromatic heterocycles. The number of hydrogen-bond donors (Lipinski definition) is 0. The van der Waals surface area contributed by atoms with Crippen LogP contribution in [0.3, 0.4) is 0 Å². The van der Waals surface area contributed by atoms with Crippen molar-refractivity contribution in [2.45, 2.75) is 37.5 Å². The van der Waals surface area contributed by atoms with E-state index in [-0.39, 0.29) is 11.4 Å². The molecule has 0 bridgehead atoms. The van der Waals surface area contributed by atoms with Crippen LogP contribution in [-0.2, 0) is 11.3 Å². The van der Waals surface area contributed by atoms with Crippen LogP contribution in [0, 0.1) is 5.82 Å². The molecule has 6 heteroatoms. The lowest BCUT2D eigenvalue weighted by molar-refractivity contribution is -0.0533. The number of nitrogens with zero attached hydrogens (tertiary/aromatic N) is 4. The zero-order valence-corrected chi connectivity index (χ0v) is 15.1. The van der Waals surface area contributed by atoms with Gasteiger partial charge in [0, 0.05) is 39.0 Å². The van der Waals surface area contributed by atoms with E-state index in [1.807, 2.05) is 25.2 Å². The normalized spacial score (nSPS) is 26.3. The van der Waals surface area contributed by atoms with Gasteiger partial charge in [-0.3, -0.25) is 4.90 Å². The molecule has 4 rings (SSSR count). The Bertz CT molecular complexity index is 726. The Morgan fingerprint density at radius 1 is 1.27 bits per heavy atom. The number of halogens is 1. The smallest absolute Gasteiger partial charge is 0.225 e. The number of ether oxygens (including phenoxy) is 1. The van der Waals surface area contributed by atoms with Crippen LogP contribution in [0.1, 0.15) is 24.8 Å². The summed E-state index contributed by atoms with van der Waals surface area (Å²) in [5, 5.41) is 0. The Labute approximate surface area is 153 Å². The summed E-state index contributed by atoms with van der Waals surface area (Å²) in [5.74, 6) is 0.564. The molecule has 2 atom stereocenters. The van der Waals surface area contributed by atoms with Gasteiger partial charge in [0.2, 0.25) is 5.95 Å². The summed E-state index contributed by atoms with van der Waals surface area (Å²) in [6, 6.07) is 8.93. The van der Waals surface area contributed by atoms with Crippen LogP contribution in [0.5, 0.6) is 0 Å². The maximum atomic E-state index is 13.1. The number of likely N-dealkylation sites (N-methyl/N-ethyl adjacent to an activating group) is 1. The molecular formula is C20H25FN4O. The van der Waals surface area contributed by atoms with Crippen molar-refractivity contribution >= 4 is 5.95 Å². The first-order valence-electron chi connectivity index (χ1n) is 9.24. The molecule has 2 aromatic rings. The molecule has 1 aromatic carbocycles. The van der Waals surface area contributed by atoms with Crippen molar-refractivity contribution in [3.05, 3.63) is 54.1 Å². The lowest BCUT2D eigenvalue weighted by Crippen LogP contribution is -2.48. The average molecular weight is 356 g/mol. The molecule has 26 heavy (non-hydrogen) atoms. The minimum Gasteiger partial charge on any atom is -0.371 e. The Kier molecular flexibility index (Phi) is 4.87. The highest BCUT2D eigenvalue weighted by molar-refractivity contribution is 5.30. The van der Waals surface area contributed by atoms with Gasteiger partial charge in [-0.15, -0.1) is 0 Å². The van der Waals surface area contributed by atoms with Crippen LogP contribution < -0.4 is 4.90 Å². The zero-order chi connectivity index (χ0) is 18.0. The standard InChI is InChI=1S/C20H25FN4O/c1-24(19-22-9-3-10-23-19)18-12-20(26-14-18)8-2-11-25(15-20)13-16-4-6-17(21)7-5-16/h3-7,9-10,18H,2,8,11-15H2,1H3. The molecule has 138 valence electrons. The number of piperidine rings is 1. The van der Waals surface area contributed by atoms with Gasteiger partial charge in [0.25, 0.3) is 0 Å². The molecular weight excluding hydrogens is 331 g/mol. The van der Waals surface area contributed by atoms with Crippen molar-refractivity contribution < 1.29 is 9.13 Å². The molecule has 2 fully saturated rings. The van der Waals surface area contributed by atoms with E-state index in [0.29, 0.717) is 12.6 Å². The fourth-order valence-corrected chi connectivity index (χ4v) is 4.16. The summed E-state index contributed by atoms with van der Waals surface area (Å²) in [5.41, 5.74) is 1.05. The van der Waals surface area contributed by atoms with E-state index in [9.17, 15) is 4.39 Å². The van der Waals surface area contributed by atoms with E-state index in [2.05, 4.69) is 19.8 Å². The largest absolute Gasteiger partial charge is 0.371 e. The predicted octanol–water partition coefficient (Wildman–Crippen LogP) is 2.88. The number of benzene rings is 1. The predicted molar refractivity (Wildman–Crippen MR) is 98.4 cm³/mol. The highest BCUT2D eigenvalue weighted by atomic mass is 19.1. The summed E-state index contributed by atoms with van der Waals surface area (Å²) in [6.45, 7) is 3.53. The molecule has 0 N–H and O–H groups in total. The van der Waals surface area contributed by atoms with Gasteiger partial charge in [-0.1, -0.05) is 12.1 Å². The Morgan fingerprint density at radius 2 is 2.04 bits per heavy atom. The summed E-state index contributed by atoms with van der Waals surface area (Å²) >= 11 is 0. The molecule has 0 aliphatic carbocycles. The van der Waals surface area contributed by atoms with E-state index in [1.54, 1.807) is 12.4 Å².